The fraction of sp³-hybridized carbons (Fsp3) is 0.382. The van der Waals surface area contributed by atoms with Crippen molar-refractivity contribution in [2.45, 2.75) is 63.1 Å². The zero-order valence-corrected chi connectivity index (χ0v) is 24.8. The maximum Gasteiger partial charge on any atom is 0.305 e. The summed E-state index contributed by atoms with van der Waals surface area (Å²) in [6, 6.07) is 25.7. The predicted octanol–water partition coefficient (Wildman–Crippen LogP) is 6.84. The Morgan fingerprint density at radius 1 is 0.927 bits per heavy atom. The molecule has 1 aliphatic carbocycles. The fourth-order valence-electron chi connectivity index (χ4n) is 5.40. The highest BCUT2D eigenvalue weighted by molar-refractivity contribution is 7.89. The van der Waals surface area contributed by atoms with Gasteiger partial charge in [-0.1, -0.05) is 84.4 Å². The van der Waals surface area contributed by atoms with Crippen molar-refractivity contribution < 1.29 is 22.7 Å². The van der Waals surface area contributed by atoms with Gasteiger partial charge in [-0.05, 0) is 79.7 Å². The molecule has 0 amide bonds. The van der Waals surface area contributed by atoms with Crippen LogP contribution < -0.4 is 4.72 Å². The number of sulfonamides is 1. The van der Waals surface area contributed by atoms with Gasteiger partial charge in [-0.15, -0.1) is 0 Å². The number of carbonyl (C=O) groups excluding carboxylic acids is 1. The maximum absolute atomic E-state index is 12.9. The van der Waals surface area contributed by atoms with Gasteiger partial charge >= 0.3 is 5.97 Å². The topological polar surface area (TPSA) is 81.7 Å². The van der Waals surface area contributed by atoms with Crippen LogP contribution in [0, 0.1) is 18.8 Å². The SMILES string of the molecule is COC(=O)CCC/C=C\C[C@@H]1[C@@H](CNS(=O)(=O)c2ccc(C)cc2)CC[C@@H]1OCc1ccc(-c2ccccc2)cc1. The minimum Gasteiger partial charge on any atom is -0.469 e. The number of methoxy groups -OCH3 is 1. The first-order valence-corrected chi connectivity index (χ1v) is 15.9. The van der Waals surface area contributed by atoms with Crippen LogP contribution in [0.2, 0.25) is 0 Å². The first kappa shape index (κ1) is 30.7. The standard InChI is InChI=1S/C34H41NO5S/c1-26-14-21-31(22-15-26)41(37,38)35-24-30-20-23-33(32(30)12-8-3-4-9-13-34(36)39-2)40-25-27-16-18-29(19-17-27)28-10-6-5-7-11-28/h3,5-8,10-11,14-19,21-22,30,32-33,35H,4,9,12-13,20,23-25H2,1-2H3/b8-3-/t30-,32-,33+/m1/s1. The Hall–Kier alpha value is -3.26. The molecular weight excluding hydrogens is 534 g/mol. The molecule has 1 fully saturated rings. The third kappa shape index (κ3) is 9.12. The molecule has 1 saturated carbocycles. The lowest BCUT2D eigenvalue weighted by molar-refractivity contribution is -0.140. The second-order valence-electron chi connectivity index (χ2n) is 10.8. The molecule has 0 unspecified atom stereocenters. The summed E-state index contributed by atoms with van der Waals surface area (Å²) in [6.45, 7) is 2.83. The summed E-state index contributed by atoms with van der Waals surface area (Å²) in [4.78, 5) is 11.7. The summed E-state index contributed by atoms with van der Waals surface area (Å²) in [5.74, 6) is 0.164. The van der Waals surface area contributed by atoms with E-state index in [0.29, 0.717) is 19.6 Å². The van der Waals surface area contributed by atoms with Crippen molar-refractivity contribution in [3.05, 3.63) is 102 Å². The number of allylic oxidation sites excluding steroid dienone is 2. The number of carbonyl (C=O) groups is 1. The van der Waals surface area contributed by atoms with Crippen LogP contribution in [0.3, 0.4) is 0 Å². The van der Waals surface area contributed by atoms with Crippen LogP contribution in [-0.4, -0.2) is 34.1 Å². The molecule has 0 radical (unpaired) electrons. The molecule has 0 aliphatic heterocycles. The molecule has 3 aromatic carbocycles. The molecule has 4 rings (SSSR count). The number of hydrogen-bond acceptors (Lipinski definition) is 5. The van der Waals surface area contributed by atoms with Gasteiger partial charge in [0, 0.05) is 13.0 Å². The first-order chi connectivity index (χ1) is 19.9. The van der Waals surface area contributed by atoms with Gasteiger partial charge in [-0.25, -0.2) is 13.1 Å². The van der Waals surface area contributed by atoms with E-state index in [1.807, 2.05) is 37.3 Å². The van der Waals surface area contributed by atoms with E-state index in [4.69, 9.17) is 9.47 Å². The Morgan fingerprint density at radius 2 is 1.63 bits per heavy atom. The molecule has 3 aromatic rings. The molecular formula is C34H41NO5S. The van der Waals surface area contributed by atoms with Gasteiger partial charge in [-0.3, -0.25) is 4.79 Å². The molecule has 0 heterocycles. The van der Waals surface area contributed by atoms with E-state index in [-0.39, 0.29) is 28.8 Å². The monoisotopic (exact) mass is 575 g/mol. The van der Waals surface area contributed by atoms with Gasteiger partial charge < -0.3 is 9.47 Å². The number of unbranched alkanes of at least 4 members (excludes halogenated alkanes) is 1. The van der Waals surface area contributed by atoms with Gasteiger partial charge in [0.2, 0.25) is 10.0 Å². The van der Waals surface area contributed by atoms with Crippen LogP contribution in [-0.2, 0) is 30.9 Å². The summed E-state index contributed by atoms with van der Waals surface area (Å²) in [7, 11) is -2.18. The maximum atomic E-state index is 12.9. The summed E-state index contributed by atoms with van der Waals surface area (Å²) in [5.41, 5.74) is 4.50. The van der Waals surface area contributed by atoms with E-state index in [9.17, 15) is 13.2 Å². The van der Waals surface area contributed by atoms with Gasteiger partial charge in [-0.2, -0.15) is 0 Å². The van der Waals surface area contributed by atoms with Gasteiger partial charge in [0.1, 0.15) is 0 Å². The van der Waals surface area contributed by atoms with Crippen molar-refractivity contribution >= 4 is 16.0 Å². The molecule has 7 heteroatoms. The van der Waals surface area contributed by atoms with Crippen LogP contribution in [0.4, 0.5) is 0 Å². The molecule has 0 spiro atoms. The van der Waals surface area contributed by atoms with Crippen LogP contribution >= 0.6 is 0 Å². The Morgan fingerprint density at radius 3 is 2.34 bits per heavy atom. The summed E-state index contributed by atoms with van der Waals surface area (Å²) in [5, 5.41) is 0. The van der Waals surface area contributed by atoms with E-state index >= 15 is 0 Å². The number of ether oxygens (including phenoxy) is 2. The molecule has 0 bridgehead atoms. The van der Waals surface area contributed by atoms with Crippen molar-refractivity contribution in [3.63, 3.8) is 0 Å². The summed E-state index contributed by atoms with van der Waals surface area (Å²) in [6.07, 6.45) is 8.83. The number of rotatable bonds is 14. The second kappa shape index (κ2) is 15.1. The third-order valence-electron chi connectivity index (χ3n) is 7.85. The normalized spacial score (nSPS) is 19.0. The fourth-order valence-corrected chi connectivity index (χ4v) is 6.49. The Balaban J connectivity index is 1.37. The molecule has 6 nitrogen and oxygen atoms in total. The lowest BCUT2D eigenvalue weighted by atomic mass is 9.91. The Labute approximate surface area is 244 Å². The average molecular weight is 576 g/mol. The third-order valence-corrected chi connectivity index (χ3v) is 9.29. The van der Waals surface area contributed by atoms with E-state index in [0.717, 1.165) is 43.2 Å². The predicted molar refractivity (Wildman–Crippen MR) is 163 cm³/mol. The number of nitrogens with one attached hydrogen (secondary N) is 1. The van der Waals surface area contributed by atoms with Crippen molar-refractivity contribution in [2.75, 3.05) is 13.7 Å². The first-order valence-electron chi connectivity index (χ1n) is 14.4. The van der Waals surface area contributed by atoms with Crippen molar-refractivity contribution in [3.8, 4) is 11.1 Å². The Bertz CT molecular complexity index is 1370. The van der Waals surface area contributed by atoms with Crippen LogP contribution in [0.25, 0.3) is 11.1 Å². The highest BCUT2D eigenvalue weighted by Gasteiger charge is 2.36. The zero-order chi connectivity index (χ0) is 29.1. The molecule has 3 atom stereocenters. The number of benzene rings is 3. The molecule has 218 valence electrons. The van der Waals surface area contributed by atoms with Gasteiger partial charge in [0.15, 0.2) is 0 Å². The highest BCUT2D eigenvalue weighted by atomic mass is 32.2. The number of aryl methyl sites for hydroxylation is 1. The number of hydrogen-bond donors (Lipinski definition) is 1. The van der Waals surface area contributed by atoms with Gasteiger partial charge in [0.05, 0.1) is 24.7 Å². The Kier molecular flexibility index (Phi) is 11.3. The van der Waals surface area contributed by atoms with Crippen molar-refractivity contribution in [2.24, 2.45) is 11.8 Å². The lowest BCUT2D eigenvalue weighted by Gasteiger charge is -2.24. The number of esters is 1. The zero-order valence-electron chi connectivity index (χ0n) is 24.0. The molecule has 0 saturated heterocycles. The van der Waals surface area contributed by atoms with Crippen molar-refractivity contribution in [1.82, 2.24) is 4.72 Å². The van der Waals surface area contributed by atoms with E-state index in [2.05, 4.69) is 53.3 Å². The highest BCUT2D eigenvalue weighted by Crippen LogP contribution is 2.37. The molecule has 0 aromatic heterocycles. The van der Waals surface area contributed by atoms with Crippen LogP contribution in [0.5, 0.6) is 0 Å². The summed E-state index contributed by atoms with van der Waals surface area (Å²) < 4.78 is 39.9. The van der Waals surface area contributed by atoms with Crippen LogP contribution in [0.15, 0.2) is 95.9 Å². The lowest BCUT2D eigenvalue weighted by Crippen LogP contribution is -2.33. The smallest absolute Gasteiger partial charge is 0.305 e. The largest absolute Gasteiger partial charge is 0.469 e. The second-order valence-corrected chi connectivity index (χ2v) is 12.5. The van der Waals surface area contributed by atoms with Crippen LogP contribution in [0.1, 0.15) is 49.7 Å². The van der Waals surface area contributed by atoms with Crippen molar-refractivity contribution in [1.29, 1.82) is 0 Å². The van der Waals surface area contributed by atoms with E-state index in [1.165, 1.54) is 18.2 Å². The van der Waals surface area contributed by atoms with E-state index < -0.39 is 10.0 Å². The molecule has 1 aliphatic rings. The summed E-state index contributed by atoms with van der Waals surface area (Å²) >= 11 is 0. The van der Waals surface area contributed by atoms with E-state index in [1.54, 1.807) is 12.1 Å². The quantitative estimate of drug-likeness (QED) is 0.129. The molecule has 41 heavy (non-hydrogen) atoms. The van der Waals surface area contributed by atoms with Gasteiger partial charge in [0.25, 0.3) is 0 Å². The molecule has 1 N–H and O–H groups in total. The average Bonchev–Trinajstić information content (AvgIpc) is 3.39. The minimum absolute atomic E-state index is 0.0393. The minimum atomic E-state index is -3.58.